The van der Waals surface area contributed by atoms with Crippen LogP contribution in [-0.4, -0.2) is 20.9 Å². The Balaban J connectivity index is 1.39. The molecule has 1 unspecified atom stereocenters. The van der Waals surface area contributed by atoms with Gasteiger partial charge in [0.1, 0.15) is 5.82 Å². The van der Waals surface area contributed by atoms with Crippen LogP contribution in [0, 0.1) is 6.92 Å². The minimum atomic E-state index is -0.179. The fraction of sp³-hybridized carbons (Fsp3) is 0.190. The zero-order valence-corrected chi connectivity index (χ0v) is 16.0. The summed E-state index contributed by atoms with van der Waals surface area (Å²) in [6.07, 6.45) is 0.334. The van der Waals surface area contributed by atoms with Crippen molar-refractivity contribution in [3.05, 3.63) is 70.3 Å². The number of aromatic amines is 1. The van der Waals surface area contributed by atoms with Crippen molar-refractivity contribution in [1.29, 1.82) is 0 Å². The number of aryl methyl sites for hydroxylation is 1. The van der Waals surface area contributed by atoms with E-state index in [-0.39, 0.29) is 11.9 Å². The van der Waals surface area contributed by atoms with Crippen LogP contribution in [0.4, 0.5) is 0 Å². The maximum Gasteiger partial charge on any atom is 0.224 e. The van der Waals surface area contributed by atoms with Gasteiger partial charge in [0.2, 0.25) is 5.91 Å². The molecule has 0 radical (unpaired) electrons. The molecule has 2 heterocycles. The number of nitrogens with zero attached hydrogens (tertiary/aromatic N) is 2. The van der Waals surface area contributed by atoms with E-state index in [1.807, 2.05) is 67.8 Å². The smallest absolute Gasteiger partial charge is 0.224 e. The summed E-state index contributed by atoms with van der Waals surface area (Å²) in [5.41, 5.74) is 4.90. The molecule has 4 rings (SSSR count). The van der Waals surface area contributed by atoms with E-state index in [2.05, 4.69) is 20.3 Å². The van der Waals surface area contributed by atoms with Crippen LogP contribution >= 0.6 is 11.3 Å². The van der Waals surface area contributed by atoms with Crippen molar-refractivity contribution in [2.75, 3.05) is 0 Å². The molecule has 4 aromatic rings. The molecule has 0 bridgehead atoms. The minimum Gasteiger partial charge on any atom is -0.346 e. The summed E-state index contributed by atoms with van der Waals surface area (Å²) in [6.45, 7) is 3.93. The fourth-order valence-electron chi connectivity index (χ4n) is 3.01. The second kappa shape index (κ2) is 7.32. The molecular weight excluding hydrogens is 356 g/mol. The molecule has 2 N–H and O–H groups in total. The van der Waals surface area contributed by atoms with Gasteiger partial charge in [-0.05, 0) is 31.5 Å². The third-order valence-corrected chi connectivity index (χ3v) is 5.20. The second-order valence-electron chi connectivity index (χ2n) is 6.55. The molecule has 0 aliphatic heterocycles. The first-order chi connectivity index (χ1) is 13.1. The highest BCUT2D eigenvalue weighted by Crippen LogP contribution is 2.22. The summed E-state index contributed by atoms with van der Waals surface area (Å²) in [7, 11) is 0. The lowest BCUT2D eigenvalue weighted by molar-refractivity contribution is -0.121. The Hall–Kier alpha value is -2.99. The number of amides is 1. The van der Waals surface area contributed by atoms with Crippen molar-refractivity contribution < 1.29 is 4.79 Å². The maximum absolute atomic E-state index is 12.4. The topological polar surface area (TPSA) is 70.7 Å². The molecule has 2 aromatic carbocycles. The van der Waals surface area contributed by atoms with E-state index < -0.39 is 0 Å². The molecule has 0 saturated carbocycles. The van der Waals surface area contributed by atoms with Gasteiger partial charge in [-0.3, -0.25) is 4.79 Å². The number of carbonyl (C=O) groups excluding carboxylic acids is 1. The third kappa shape index (κ3) is 3.90. The summed E-state index contributed by atoms with van der Waals surface area (Å²) >= 11 is 1.64. The van der Waals surface area contributed by atoms with Crippen molar-refractivity contribution in [2.45, 2.75) is 26.3 Å². The fourth-order valence-corrected chi connectivity index (χ4v) is 3.64. The lowest BCUT2D eigenvalue weighted by atomic mass is 10.1. The highest BCUT2D eigenvalue weighted by atomic mass is 32.1. The van der Waals surface area contributed by atoms with Gasteiger partial charge in [-0.1, -0.05) is 36.4 Å². The van der Waals surface area contributed by atoms with Crippen molar-refractivity contribution in [3.8, 4) is 11.3 Å². The van der Waals surface area contributed by atoms with Crippen LogP contribution in [0.25, 0.3) is 22.3 Å². The Morgan fingerprint density at radius 1 is 1.15 bits per heavy atom. The molecule has 0 fully saturated rings. The van der Waals surface area contributed by atoms with Crippen molar-refractivity contribution in [3.63, 3.8) is 0 Å². The molecule has 5 nitrogen and oxygen atoms in total. The molecule has 0 aliphatic rings. The molecule has 0 spiro atoms. The summed E-state index contributed by atoms with van der Waals surface area (Å²) in [5, 5.41) is 6.11. The van der Waals surface area contributed by atoms with Gasteiger partial charge < -0.3 is 10.3 Å². The monoisotopic (exact) mass is 376 g/mol. The average Bonchev–Trinajstić information content (AvgIpc) is 3.28. The van der Waals surface area contributed by atoms with Gasteiger partial charge in [0.25, 0.3) is 0 Å². The lowest BCUT2D eigenvalue weighted by Gasteiger charge is -2.11. The Labute approximate surface area is 161 Å². The number of hydrogen-bond donors (Lipinski definition) is 2. The summed E-state index contributed by atoms with van der Waals surface area (Å²) in [6, 6.07) is 15.7. The Bertz CT molecular complexity index is 1050. The second-order valence-corrected chi connectivity index (χ2v) is 7.62. The van der Waals surface area contributed by atoms with E-state index in [1.165, 1.54) is 0 Å². The van der Waals surface area contributed by atoms with Gasteiger partial charge in [-0.2, -0.15) is 0 Å². The number of rotatable bonds is 5. The van der Waals surface area contributed by atoms with Gasteiger partial charge >= 0.3 is 0 Å². The van der Waals surface area contributed by atoms with E-state index in [9.17, 15) is 4.79 Å². The maximum atomic E-state index is 12.4. The van der Waals surface area contributed by atoms with Gasteiger partial charge in [0.05, 0.1) is 34.2 Å². The van der Waals surface area contributed by atoms with Crippen molar-refractivity contribution in [1.82, 2.24) is 20.3 Å². The number of aromatic nitrogens is 3. The van der Waals surface area contributed by atoms with Crippen molar-refractivity contribution >= 4 is 28.3 Å². The largest absolute Gasteiger partial charge is 0.346 e. The highest BCUT2D eigenvalue weighted by Gasteiger charge is 2.14. The normalized spacial score (nSPS) is 12.2. The number of carbonyl (C=O) groups is 1. The Morgan fingerprint density at radius 3 is 2.63 bits per heavy atom. The van der Waals surface area contributed by atoms with Crippen LogP contribution in [0.1, 0.15) is 29.4 Å². The van der Waals surface area contributed by atoms with Crippen molar-refractivity contribution in [2.24, 2.45) is 0 Å². The number of benzene rings is 2. The summed E-state index contributed by atoms with van der Waals surface area (Å²) in [4.78, 5) is 24.7. The van der Waals surface area contributed by atoms with Crippen LogP contribution in [0.2, 0.25) is 0 Å². The number of nitrogens with one attached hydrogen (secondary N) is 2. The number of fused-ring (bicyclic) bond motifs is 1. The first kappa shape index (κ1) is 17.4. The summed E-state index contributed by atoms with van der Waals surface area (Å²) in [5.74, 6) is 0.735. The molecule has 2 aromatic heterocycles. The number of para-hydroxylation sites is 2. The third-order valence-electron chi connectivity index (χ3n) is 4.43. The minimum absolute atomic E-state index is 0.0276. The van der Waals surface area contributed by atoms with Gasteiger partial charge in [-0.25, -0.2) is 9.97 Å². The standard InChI is InChI=1S/C21H20N4OS/c1-13(21-24-17-5-3-4-6-18(17)25-21)22-20(26)11-15-7-9-16(10-8-15)19-12-27-14(2)23-19/h3-10,12-13H,11H2,1-2H3,(H,22,26)(H,24,25). The number of imidazole rings is 1. The van der Waals surface area contributed by atoms with Crippen LogP contribution in [0.5, 0.6) is 0 Å². The summed E-state index contributed by atoms with van der Waals surface area (Å²) < 4.78 is 0. The van der Waals surface area contributed by atoms with E-state index in [0.29, 0.717) is 6.42 Å². The molecule has 6 heteroatoms. The molecular formula is C21H20N4OS. The molecule has 136 valence electrons. The molecule has 0 aliphatic carbocycles. The van der Waals surface area contributed by atoms with Crippen LogP contribution in [0.15, 0.2) is 53.9 Å². The first-order valence-electron chi connectivity index (χ1n) is 8.84. The van der Waals surface area contributed by atoms with E-state index >= 15 is 0 Å². The van der Waals surface area contributed by atoms with Crippen LogP contribution < -0.4 is 5.32 Å². The van der Waals surface area contributed by atoms with Gasteiger partial charge in [0.15, 0.2) is 0 Å². The van der Waals surface area contributed by atoms with Gasteiger partial charge in [-0.15, -0.1) is 11.3 Å². The molecule has 27 heavy (non-hydrogen) atoms. The predicted octanol–water partition coefficient (Wildman–Crippen LogP) is 4.41. The zero-order chi connectivity index (χ0) is 18.8. The molecule has 1 atom stereocenters. The first-order valence-corrected chi connectivity index (χ1v) is 9.72. The quantitative estimate of drug-likeness (QED) is 0.542. The number of H-pyrrole nitrogens is 1. The van der Waals surface area contributed by atoms with E-state index in [4.69, 9.17) is 0 Å². The zero-order valence-electron chi connectivity index (χ0n) is 15.2. The average molecular weight is 376 g/mol. The molecule has 0 saturated heterocycles. The lowest BCUT2D eigenvalue weighted by Crippen LogP contribution is -2.28. The number of thiazole rings is 1. The van der Waals surface area contributed by atoms with E-state index in [1.54, 1.807) is 11.3 Å². The SMILES string of the molecule is Cc1nc(-c2ccc(CC(=O)NC(C)c3nc4ccccc4[nH]3)cc2)cs1. The molecule has 1 amide bonds. The Kier molecular flexibility index (Phi) is 4.73. The van der Waals surface area contributed by atoms with E-state index in [0.717, 1.165) is 38.7 Å². The predicted molar refractivity (Wildman–Crippen MR) is 109 cm³/mol. The number of hydrogen-bond acceptors (Lipinski definition) is 4. The van der Waals surface area contributed by atoms with Crippen LogP contribution in [0.3, 0.4) is 0 Å². The van der Waals surface area contributed by atoms with Gasteiger partial charge in [0, 0.05) is 10.9 Å². The highest BCUT2D eigenvalue weighted by molar-refractivity contribution is 7.09. The Morgan fingerprint density at radius 2 is 1.93 bits per heavy atom. The van der Waals surface area contributed by atoms with Crippen LogP contribution in [-0.2, 0) is 11.2 Å².